The SMILES string of the molecule is CCn1c(N2CCC(C(=O)NCc3ccccc3OC)CC2)nc2ccccc21. The van der Waals surface area contributed by atoms with Gasteiger partial charge in [0.05, 0.1) is 18.1 Å². The largest absolute Gasteiger partial charge is 0.496 e. The number of para-hydroxylation sites is 3. The number of nitrogens with one attached hydrogen (secondary N) is 1. The van der Waals surface area contributed by atoms with Crippen LogP contribution in [0.2, 0.25) is 0 Å². The van der Waals surface area contributed by atoms with Crippen molar-refractivity contribution in [2.75, 3.05) is 25.1 Å². The lowest BCUT2D eigenvalue weighted by Gasteiger charge is -2.32. The van der Waals surface area contributed by atoms with E-state index in [1.165, 1.54) is 5.52 Å². The topological polar surface area (TPSA) is 59.4 Å². The van der Waals surface area contributed by atoms with Crippen molar-refractivity contribution >= 4 is 22.9 Å². The van der Waals surface area contributed by atoms with Gasteiger partial charge in [-0.1, -0.05) is 30.3 Å². The zero-order chi connectivity index (χ0) is 20.2. The number of imidazole rings is 1. The van der Waals surface area contributed by atoms with Crippen LogP contribution in [-0.4, -0.2) is 35.7 Å². The van der Waals surface area contributed by atoms with Crippen LogP contribution >= 0.6 is 0 Å². The summed E-state index contributed by atoms with van der Waals surface area (Å²) in [6.45, 7) is 5.21. The normalized spacial score (nSPS) is 14.9. The quantitative estimate of drug-likeness (QED) is 0.696. The second-order valence-electron chi connectivity index (χ2n) is 7.44. The molecule has 2 aromatic carbocycles. The number of nitrogens with zero attached hydrogens (tertiary/aromatic N) is 3. The Bertz CT molecular complexity index is 989. The van der Waals surface area contributed by atoms with Crippen molar-refractivity contribution in [3.8, 4) is 5.75 Å². The van der Waals surface area contributed by atoms with E-state index < -0.39 is 0 Å². The lowest BCUT2D eigenvalue weighted by Crippen LogP contribution is -2.41. The van der Waals surface area contributed by atoms with Crippen LogP contribution in [0.25, 0.3) is 11.0 Å². The van der Waals surface area contributed by atoms with Crippen molar-refractivity contribution < 1.29 is 9.53 Å². The molecule has 0 unspecified atom stereocenters. The molecule has 29 heavy (non-hydrogen) atoms. The number of carbonyl (C=O) groups is 1. The van der Waals surface area contributed by atoms with E-state index in [0.717, 1.165) is 55.3 Å². The third-order valence-electron chi connectivity index (χ3n) is 5.74. The molecule has 4 rings (SSSR count). The van der Waals surface area contributed by atoms with Crippen LogP contribution < -0.4 is 15.0 Å². The number of carbonyl (C=O) groups excluding carboxylic acids is 1. The molecule has 2 heterocycles. The summed E-state index contributed by atoms with van der Waals surface area (Å²) >= 11 is 0. The van der Waals surface area contributed by atoms with Gasteiger partial charge in [0.15, 0.2) is 0 Å². The number of rotatable bonds is 6. The first-order valence-corrected chi connectivity index (χ1v) is 10.3. The van der Waals surface area contributed by atoms with Gasteiger partial charge in [-0.25, -0.2) is 4.98 Å². The molecule has 1 aromatic heterocycles. The van der Waals surface area contributed by atoms with Crippen LogP contribution in [0.15, 0.2) is 48.5 Å². The molecule has 0 aliphatic carbocycles. The van der Waals surface area contributed by atoms with E-state index in [4.69, 9.17) is 9.72 Å². The molecule has 1 fully saturated rings. The first-order valence-electron chi connectivity index (χ1n) is 10.3. The maximum atomic E-state index is 12.7. The van der Waals surface area contributed by atoms with Gasteiger partial charge >= 0.3 is 0 Å². The van der Waals surface area contributed by atoms with Gasteiger partial charge in [-0.2, -0.15) is 0 Å². The first kappa shape index (κ1) is 19.3. The van der Waals surface area contributed by atoms with Gasteiger partial charge in [0, 0.05) is 37.7 Å². The molecule has 1 amide bonds. The number of aromatic nitrogens is 2. The number of aryl methyl sites for hydroxylation is 1. The fourth-order valence-corrected chi connectivity index (χ4v) is 4.13. The Labute approximate surface area is 171 Å². The molecule has 1 saturated heterocycles. The van der Waals surface area contributed by atoms with Crippen LogP contribution in [0.1, 0.15) is 25.3 Å². The maximum absolute atomic E-state index is 12.7. The number of methoxy groups -OCH3 is 1. The molecule has 0 bridgehead atoms. The maximum Gasteiger partial charge on any atom is 0.223 e. The van der Waals surface area contributed by atoms with Gasteiger partial charge < -0.3 is 19.5 Å². The van der Waals surface area contributed by atoms with E-state index in [1.807, 2.05) is 30.3 Å². The Hall–Kier alpha value is -3.02. The highest BCUT2D eigenvalue weighted by atomic mass is 16.5. The van der Waals surface area contributed by atoms with Crippen LogP contribution in [0.3, 0.4) is 0 Å². The molecule has 0 spiro atoms. The Kier molecular flexibility index (Phi) is 5.69. The Morgan fingerprint density at radius 2 is 1.86 bits per heavy atom. The molecule has 0 saturated carbocycles. The molecule has 1 aliphatic heterocycles. The summed E-state index contributed by atoms with van der Waals surface area (Å²) in [5, 5.41) is 3.08. The Morgan fingerprint density at radius 1 is 1.14 bits per heavy atom. The third-order valence-corrected chi connectivity index (χ3v) is 5.74. The van der Waals surface area contributed by atoms with Crippen LogP contribution in [0.5, 0.6) is 5.75 Å². The predicted molar refractivity (Wildman–Crippen MR) is 115 cm³/mol. The number of piperidine rings is 1. The number of hydrogen-bond acceptors (Lipinski definition) is 4. The number of hydrogen-bond donors (Lipinski definition) is 1. The summed E-state index contributed by atoms with van der Waals surface area (Å²) in [5.74, 6) is 1.99. The van der Waals surface area contributed by atoms with E-state index in [2.05, 4.69) is 39.9 Å². The Morgan fingerprint density at radius 3 is 2.62 bits per heavy atom. The van der Waals surface area contributed by atoms with Crippen molar-refractivity contribution in [1.29, 1.82) is 0 Å². The van der Waals surface area contributed by atoms with Crippen molar-refractivity contribution in [2.24, 2.45) is 5.92 Å². The van der Waals surface area contributed by atoms with Crippen molar-refractivity contribution in [3.63, 3.8) is 0 Å². The third kappa shape index (κ3) is 3.92. The Balaban J connectivity index is 1.37. The van der Waals surface area contributed by atoms with Gasteiger partial charge in [-0.3, -0.25) is 4.79 Å². The van der Waals surface area contributed by atoms with Crippen molar-refractivity contribution in [1.82, 2.24) is 14.9 Å². The monoisotopic (exact) mass is 392 g/mol. The average Bonchev–Trinajstić information content (AvgIpc) is 3.16. The summed E-state index contributed by atoms with van der Waals surface area (Å²) in [6.07, 6.45) is 1.68. The van der Waals surface area contributed by atoms with Gasteiger partial charge in [0.25, 0.3) is 0 Å². The summed E-state index contributed by atoms with van der Waals surface area (Å²) in [6, 6.07) is 16.1. The van der Waals surface area contributed by atoms with E-state index >= 15 is 0 Å². The van der Waals surface area contributed by atoms with Gasteiger partial charge in [0.1, 0.15) is 5.75 Å². The minimum absolute atomic E-state index is 0.0420. The van der Waals surface area contributed by atoms with Gasteiger partial charge in [0.2, 0.25) is 11.9 Å². The summed E-state index contributed by atoms with van der Waals surface area (Å²) in [5.41, 5.74) is 3.19. The minimum atomic E-state index is 0.0420. The van der Waals surface area contributed by atoms with Crippen LogP contribution in [-0.2, 0) is 17.9 Å². The molecule has 0 atom stereocenters. The lowest BCUT2D eigenvalue weighted by molar-refractivity contribution is -0.125. The predicted octanol–water partition coefficient (Wildman–Crippen LogP) is 3.60. The number of anilines is 1. The molecule has 152 valence electrons. The smallest absolute Gasteiger partial charge is 0.223 e. The standard InChI is InChI=1S/C23H28N4O2/c1-3-27-20-10-6-5-9-19(20)25-23(27)26-14-12-17(13-15-26)22(28)24-16-18-8-4-7-11-21(18)29-2/h4-11,17H,3,12-16H2,1-2H3,(H,24,28). The van der Waals surface area contributed by atoms with Crippen LogP contribution in [0, 0.1) is 5.92 Å². The van der Waals surface area contributed by atoms with E-state index in [-0.39, 0.29) is 11.8 Å². The fourth-order valence-electron chi connectivity index (χ4n) is 4.13. The second-order valence-corrected chi connectivity index (χ2v) is 7.44. The zero-order valence-electron chi connectivity index (χ0n) is 17.1. The molecule has 3 aromatic rings. The molecule has 6 heteroatoms. The van der Waals surface area contributed by atoms with Crippen molar-refractivity contribution in [3.05, 3.63) is 54.1 Å². The number of benzene rings is 2. The molecular weight excluding hydrogens is 364 g/mol. The highest BCUT2D eigenvalue weighted by molar-refractivity contribution is 5.80. The molecule has 0 radical (unpaired) electrons. The fraction of sp³-hybridized carbons (Fsp3) is 0.391. The number of amides is 1. The number of ether oxygens (including phenoxy) is 1. The van der Waals surface area contributed by atoms with Gasteiger partial charge in [-0.05, 0) is 38.0 Å². The molecule has 1 aliphatic rings. The van der Waals surface area contributed by atoms with E-state index in [9.17, 15) is 4.79 Å². The molecule has 1 N–H and O–H groups in total. The van der Waals surface area contributed by atoms with Crippen molar-refractivity contribution in [2.45, 2.75) is 32.9 Å². The van der Waals surface area contributed by atoms with Crippen LogP contribution in [0.4, 0.5) is 5.95 Å². The van der Waals surface area contributed by atoms with E-state index in [1.54, 1.807) is 7.11 Å². The average molecular weight is 393 g/mol. The minimum Gasteiger partial charge on any atom is -0.496 e. The second kappa shape index (κ2) is 8.55. The van der Waals surface area contributed by atoms with Gasteiger partial charge in [-0.15, -0.1) is 0 Å². The first-order chi connectivity index (χ1) is 14.2. The zero-order valence-corrected chi connectivity index (χ0v) is 17.1. The summed E-state index contributed by atoms with van der Waals surface area (Å²) in [4.78, 5) is 19.8. The molecular formula is C23H28N4O2. The lowest BCUT2D eigenvalue weighted by atomic mass is 9.96. The summed E-state index contributed by atoms with van der Waals surface area (Å²) in [7, 11) is 1.65. The molecule has 6 nitrogen and oxygen atoms in total. The highest BCUT2D eigenvalue weighted by Gasteiger charge is 2.27. The number of fused-ring (bicyclic) bond motifs is 1. The summed E-state index contributed by atoms with van der Waals surface area (Å²) < 4.78 is 7.63. The highest BCUT2D eigenvalue weighted by Crippen LogP contribution is 2.27. The van der Waals surface area contributed by atoms with E-state index in [0.29, 0.717) is 6.54 Å².